The van der Waals surface area contributed by atoms with Gasteiger partial charge in [0.25, 0.3) is 0 Å². The fraction of sp³-hybridized carbons (Fsp3) is 0. The monoisotopic (exact) mass is 186 g/mol. The number of hydrogen-bond acceptors (Lipinski definition) is 2. The van der Waals surface area contributed by atoms with Crippen LogP contribution in [0.15, 0.2) is 30.5 Å². The first-order chi connectivity index (χ1) is 6.72. The van der Waals surface area contributed by atoms with Crippen LogP contribution in [0.3, 0.4) is 0 Å². The smallest absolute Gasteiger partial charge is 0.415 e. The maximum absolute atomic E-state index is 10.7. The topological polar surface area (TPSA) is 66.0 Å². The Kier molecular flexibility index (Phi) is 1.72. The second kappa shape index (κ2) is 2.89. The van der Waals surface area contributed by atoms with Gasteiger partial charge in [-0.25, -0.2) is 4.79 Å². The Bertz CT molecular complexity index is 549. The molecule has 2 rings (SSSR count). The predicted molar refractivity (Wildman–Crippen MR) is 50.1 cm³/mol. The molecule has 0 atom stereocenters. The van der Waals surface area contributed by atoms with Crippen molar-refractivity contribution in [1.82, 2.24) is 4.57 Å². The van der Waals surface area contributed by atoms with Gasteiger partial charge in [-0.1, -0.05) is 0 Å². The van der Waals surface area contributed by atoms with Crippen LogP contribution in [-0.2, 0) is 0 Å². The molecule has 4 nitrogen and oxygen atoms in total. The van der Waals surface area contributed by atoms with Crippen LogP contribution in [0.5, 0.6) is 0 Å². The van der Waals surface area contributed by atoms with Crippen LogP contribution in [-0.4, -0.2) is 15.8 Å². The lowest BCUT2D eigenvalue weighted by Crippen LogP contribution is -2.05. The Morgan fingerprint density at radius 1 is 1.43 bits per heavy atom. The summed E-state index contributed by atoms with van der Waals surface area (Å²) in [6.45, 7) is 0. The molecule has 0 amide bonds. The zero-order chi connectivity index (χ0) is 10.1. The van der Waals surface area contributed by atoms with Crippen LogP contribution in [0, 0.1) is 11.3 Å². The van der Waals surface area contributed by atoms with Gasteiger partial charge < -0.3 is 5.11 Å². The molecule has 0 radical (unpaired) electrons. The third-order valence-corrected chi connectivity index (χ3v) is 2.03. The summed E-state index contributed by atoms with van der Waals surface area (Å²) in [5.41, 5.74) is 1.12. The molecule has 1 heterocycles. The van der Waals surface area contributed by atoms with E-state index in [1.807, 2.05) is 6.07 Å². The second-order valence-corrected chi connectivity index (χ2v) is 2.85. The summed E-state index contributed by atoms with van der Waals surface area (Å²) in [6, 6.07) is 8.56. The van der Waals surface area contributed by atoms with Gasteiger partial charge in [-0.2, -0.15) is 5.26 Å². The fourth-order valence-corrected chi connectivity index (χ4v) is 1.38. The largest absolute Gasteiger partial charge is 0.464 e. The predicted octanol–water partition coefficient (Wildman–Crippen LogP) is 2.04. The second-order valence-electron chi connectivity index (χ2n) is 2.85. The van der Waals surface area contributed by atoms with Gasteiger partial charge in [0.1, 0.15) is 0 Å². The van der Waals surface area contributed by atoms with Gasteiger partial charge in [-0.15, -0.1) is 0 Å². The Labute approximate surface area is 79.6 Å². The average Bonchev–Trinajstić information content (AvgIpc) is 2.59. The van der Waals surface area contributed by atoms with E-state index in [0.29, 0.717) is 11.1 Å². The van der Waals surface area contributed by atoms with Gasteiger partial charge in [0.2, 0.25) is 0 Å². The van der Waals surface area contributed by atoms with Crippen LogP contribution in [0.1, 0.15) is 5.56 Å². The number of carbonyl (C=O) groups is 1. The molecule has 0 fully saturated rings. The summed E-state index contributed by atoms with van der Waals surface area (Å²) < 4.78 is 1.12. The van der Waals surface area contributed by atoms with E-state index >= 15 is 0 Å². The molecule has 0 aliphatic carbocycles. The summed E-state index contributed by atoms with van der Waals surface area (Å²) in [5, 5.41) is 18.2. The minimum absolute atomic E-state index is 0.528. The van der Waals surface area contributed by atoms with Crippen LogP contribution < -0.4 is 0 Å². The molecule has 0 unspecified atom stereocenters. The highest BCUT2D eigenvalue weighted by Crippen LogP contribution is 2.16. The molecular weight excluding hydrogens is 180 g/mol. The molecule has 14 heavy (non-hydrogen) atoms. The first-order valence-electron chi connectivity index (χ1n) is 3.97. The number of aromatic nitrogens is 1. The first-order valence-corrected chi connectivity index (χ1v) is 3.97. The van der Waals surface area contributed by atoms with E-state index in [1.54, 1.807) is 24.3 Å². The van der Waals surface area contributed by atoms with E-state index in [2.05, 4.69) is 0 Å². The van der Waals surface area contributed by atoms with Gasteiger partial charge in [-0.3, -0.25) is 4.57 Å². The maximum Gasteiger partial charge on any atom is 0.415 e. The van der Waals surface area contributed by atoms with Gasteiger partial charge in [0.05, 0.1) is 17.1 Å². The first kappa shape index (κ1) is 8.32. The van der Waals surface area contributed by atoms with Gasteiger partial charge in [-0.05, 0) is 24.3 Å². The molecule has 2 aromatic rings. The molecule has 0 aliphatic heterocycles. The summed E-state index contributed by atoms with van der Waals surface area (Å²) in [4.78, 5) is 10.7. The number of benzene rings is 1. The summed E-state index contributed by atoms with van der Waals surface area (Å²) >= 11 is 0. The molecular formula is C10H6N2O2. The Hall–Kier alpha value is -2.28. The van der Waals surface area contributed by atoms with E-state index in [0.717, 1.165) is 9.95 Å². The lowest BCUT2D eigenvalue weighted by molar-refractivity contribution is 0.197. The van der Waals surface area contributed by atoms with Crippen molar-refractivity contribution in [1.29, 1.82) is 5.26 Å². The van der Waals surface area contributed by atoms with E-state index in [4.69, 9.17) is 10.4 Å². The van der Waals surface area contributed by atoms with Crippen molar-refractivity contribution in [3.63, 3.8) is 0 Å². The Morgan fingerprint density at radius 3 is 2.86 bits per heavy atom. The van der Waals surface area contributed by atoms with Crippen molar-refractivity contribution in [2.24, 2.45) is 0 Å². The zero-order valence-electron chi connectivity index (χ0n) is 7.14. The van der Waals surface area contributed by atoms with Crippen molar-refractivity contribution < 1.29 is 9.90 Å². The van der Waals surface area contributed by atoms with Crippen LogP contribution in [0.25, 0.3) is 10.9 Å². The van der Waals surface area contributed by atoms with Crippen LogP contribution >= 0.6 is 0 Å². The van der Waals surface area contributed by atoms with Gasteiger partial charge in [0, 0.05) is 11.6 Å². The van der Waals surface area contributed by atoms with Crippen LogP contribution in [0.4, 0.5) is 4.79 Å². The number of rotatable bonds is 0. The van der Waals surface area contributed by atoms with E-state index in [1.165, 1.54) is 6.20 Å². The Balaban J connectivity index is 2.73. The molecule has 0 aliphatic rings. The number of fused-ring (bicyclic) bond motifs is 1. The quantitative estimate of drug-likeness (QED) is 0.684. The van der Waals surface area contributed by atoms with E-state index in [-0.39, 0.29) is 0 Å². The normalized spacial score (nSPS) is 9.93. The third-order valence-electron chi connectivity index (χ3n) is 2.03. The van der Waals surface area contributed by atoms with Crippen molar-refractivity contribution in [3.05, 3.63) is 36.0 Å². The molecule has 4 heteroatoms. The molecule has 0 saturated heterocycles. The van der Waals surface area contributed by atoms with Crippen molar-refractivity contribution in [2.75, 3.05) is 0 Å². The van der Waals surface area contributed by atoms with Gasteiger partial charge >= 0.3 is 6.09 Å². The standard InChI is InChI=1S/C10H6N2O2/c11-6-7-1-2-9-8(5-7)3-4-12(9)10(13)14/h1-5H,(H,13,14). The van der Waals surface area contributed by atoms with E-state index < -0.39 is 6.09 Å². The molecule has 0 spiro atoms. The number of nitrogens with zero attached hydrogens (tertiary/aromatic N) is 2. The summed E-state index contributed by atoms with van der Waals surface area (Å²) in [5.74, 6) is 0. The van der Waals surface area contributed by atoms with Crippen molar-refractivity contribution in [2.45, 2.75) is 0 Å². The minimum Gasteiger partial charge on any atom is -0.464 e. The van der Waals surface area contributed by atoms with Crippen LogP contribution in [0.2, 0.25) is 0 Å². The number of hydrogen-bond donors (Lipinski definition) is 1. The van der Waals surface area contributed by atoms with Crippen molar-refractivity contribution >= 4 is 17.0 Å². The highest BCUT2D eigenvalue weighted by molar-refractivity contribution is 5.89. The molecule has 1 aromatic heterocycles. The summed E-state index contributed by atoms with van der Waals surface area (Å²) in [7, 11) is 0. The highest BCUT2D eigenvalue weighted by Gasteiger charge is 2.06. The highest BCUT2D eigenvalue weighted by atomic mass is 16.4. The third kappa shape index (κ3) is 1.12. The lowest BCUT2D eigenvalue weighted by Gasteiger charge is -1.96. The minimum atomic E-state index is -1.02. The molecule has 68 valence electrons. The average molecular weight is 186 g/mol. The molecule has 1 aromatic carbocycles. The maximum atomic E-state index is 10.7. The zero-order valence-corrected chi connectivity index (χ0v) is 7.14. The molecule has 0 saturated carbocycles. The number of carboxylic acid groups (broad SMARTS) is 1. The lowest BCUT2D eigenvalue weighted by atomic mass is 10.2. The molecule has 0 bridgehead atoms. The molecule has 1 N–H and O–H groups in total. The Morgan fingerprint density at radius 2 is 2.21 bits per heavy atom. The fourth-order valence-electron chi connectivity index (χ4n) is 1.38. The number of nitriles is 1. The summed E-state index contributed by atoms with van der Waals surface area (Å²) in [6.07, 6.45) is 0.443. The van der Waals surface area contributed by atoms with E-state index in [9.17, 15) is 4.79 Å². The van der Waals surface area contributed by atoms with Crippen molar-refractivity contribution in [3.8, 4) is 6.07 Å². The SMILES string of the molecule is N#Cc1ccc2c(ccn2C(=O)O)c1. The van der Waals surface area contributed by atoms with Gasteiger partial charge in [0.15, 0.2) is 0 Å².